The molecule has 16 heavy (non-hydrogen) atoms. The molecule has 0 saturated heterocycles. The van der Waals surface area contributed by atoms with Crippen molar-refractivity contribution < 1.29 is 13.2 Å². The zero-order valence-corrected chi connectivity index (χ0v) is 11.2. The van der Waals surface area contributed by atoms with Crippen LogP contribution in [0.15, 0.2) is 0 Å². The van der Waals surface area contributed by atoms with Crippen LogP contribution in [0.2, 0.25) is 0 Å². The fraction of sp³-hybridized carbons (Fsp3) is 1.00. The van der Waals surface area contributed by atoms with Gasteiger partial charge < -0.3 is 4.74 Å². The molecule has 1 rings (SSSR count). The molecule has 0 spiro atoms. The maximum atomic E-state index is 11.1. The Bertz CT molecular complexity index is 315. The summed E-state index contributed by atoms with van der Waals surface area (Å²) in [6.07, 6.45) is 3.77. The first-order valence-corrected chi connectivity index (χ1v) is 7.52. The monoisotopic (exact) mass is 249 g/mol. The van der Waals surface area contributed by atoms with E-state index in [0.717, 1.165) is 12.8 Å². The second-order valence-electron chi connectivity index (χ2n) is 5.78. The van der Waals surface area contributed by atoms with E-state index in [1.165, 1.54) is 6.42 Å². The molecule has 1 fully saturated rings. The number of primary sulfonamides is 1. The van der Waals surface area contributed by atoms with Gasteiger partial charge in [-0.3, -0.25) is 0 Å². The molecule has 1 aliphatic rings. The van der Waals surface area contributed by atoms with Crippen LogP contribution < -0.4 is 5.14 Å². The molecular formula is C11H23NO3S. The summed E-state index contributed by atoms with van der Waals surface area (Å²) in [6.45, 7) is 6.55. The lowest BCUT2D eigenvalue weighted by molar-refractivity contribution is -0.0296. The average molecular weight is 249 g/mol. The van der Waals surface area contributed by atoms with Crippen molar-refractivity contribution in [1.29, 1.82) is 0 Å². The van der Waals surface area contributed by atoms with Gasteiger partial charge in [-0.2, -0.15) is 0 Å². The van der Waals surface area contributed by atoms with Crippen LogP contribution >= 0.6 is 0 Å². The third-order valence-corrected chi connectivity index (χ3v) is 4.11. The topological polar surface area (TPSA) is 69.4 Å². The molecule has 4 nitrogen and oxygen atoms in total. The molecule has 0 aromatic heterocycles. The third kappa shape index (κ3) is 4.80. The second-order valence-corrected chi connectivity index (χ2v) is 7.44. The van der Waals surface area contributed by atoms with Crippen LogP contribution in [0.5, 0.6) is 0 Å². The third-order valence-electron chi connectivity index (χ3n) is 3.24. The molecule has 1 aliphatic carbocycles. The van der Waals surface area contributed by atoms with Crippen molar-refractivity contribution in [3.05, 3.63) is 0 Å². The minimum Gasteiger partial charge on any atom is -0.378 e. The van der Waals surface area contributed by atoms with Gasteiger partial charge in [-0.25, -0.2) is 13.6 Å². The molecule has 0 aromatic rings. The van der Waals surface area contributed by atoms with E-state index in [1.54, 1.807) is 0 Å². The van der Waals surface area contributed by atoms with Gasteiger partial charge in [0.15, 0.2) is 0 Å². The Morgan fingerprint density at radius 1 is 1.38 bits per heavy atom. The summed E-state index contributed by atoms with van der Waals surface area (Å²) in [5, 5.41) is 5.10. The normalized spacial score (nSPS) is 20.5. The molecule has 1 unspecified atom stereocenters. The smallest absolute Gasteiger partial charge is 0.209 e. The summed E-state index contributed by atoms with van der Waals surface area (Å²) < 4.78 is 28.0. The summed E-state index contributed by atoms with van der Waals surface area (Å²) in [7, 11) is -3.42. The van der Waals surface area contributed by atoms with E-state index in [2.05, 4.69) is 0 Å². The number of sulfonamides is 1. The fourth-order valence-corrected chi connectivity index (χ4v) is 2.78. The largest absolute Gasteiger partial charge is 0.378 e. The van der Waals surface area contributed by atoms with Crippen molar-refractivity contribution in [1.82, 2.24) is 0 Å². The molecular weight excluding hydrogens is 226 g/mol. The van der Waals surface area contributed by atoms with Crippen LogP contribution in [0.4, 0.5) is 0 Å². The summed E-state index contributed by atoms with van der Waals surface area (Å²) in [4.78, 5) is 0. The molecule has 5 heteroatoms. The Labute approximate surface area is 98.6 Å². The standard InChI is InChI=1S/C11H23NO3S/c1-11(2,3)9(8-16(12,13)14)7-15-10-5-4-6-10/h9-10H,4-8H2,1-3H3,(H2,12,13,14). The van der Waals surface area contributed by atoms with Gasteiger partial charge in [-0.05, 0) is 24.7 Å². The van der Waals surface area contributed by atoms with Crippen molar-refractivity contribution in [2.24, 2.45) is 16.5 Å². The molecule has 0 bridgehead atoms. The first-order chi connectivity index (χ1) is 7.18. The van der Waals surface area contributed by atoms with Crippen LogP contribution in [0.1, 0.15) is 40.0 Å². The van der Waals surface area contributed by atoms with Gasteiger partial charge >= 0.3 is 0 Å². The summed E-state index contributed by atoms with van der Waals surface area (Å²) in [5.41, 5.74) is -0.101. The van der Waals surface area contributed by atoms with Crippen molar-refractivity contribution in [3.8, 4) is 0 Å². The van der Waals surface area contributed by atoms with E-state index >= 15 is 0 Å². The lowest BCUT2D eigenvalue weighted by Gasteiger charge is -2.33. The Balaban J connectivity index is 2.49. The van der Waals surface area contributed by atoms with Gasteiger partial charge in [-0.1, -0.05) is 20.8 Å². The summed E-state index contributed by atoms with van der Waals surface area (Å²) in [5.74, 6) is -0.0356. The number of hydrogen-bond acceptors (Lipinski definition) is 3. The highest BCUT2D eigenvalue weighted by Gasteiger charge is 2.30. The van der Waals surface area contributed by atoms with E-state index in [1.807, 2.05) is 20.8 Å². The van der Waals surface area contributed by atoms with E-state index in [4.69, 9.17) is 9.88 Å². The van der Waals surface area contributed by atoms with Crippen molar-refractivity contribution >= 4 is 10.0 Å². The van der Waals surface area contributed by atoms with E-state index < -0.39 is 10.0 Å². The molecule has 0 aromatic carbocycles. The SMILES string of the molecule is CC(C)(C)C(COC1CCC1)CS(N)(=O)=O. The number of hydrogen-bond donors (Lipinski definition) is 1. The molecule has 2 N–H and O–H groups in total. The van der Waals surface area contributed by atoms with Gasteiger partial charge in [0, 0.05) is 5.92 Å². The average Bonchev–Trinajstić information content (AvgIpc) is 1.95. The first kappa shape index (κ1) is 13.9. The quantitative estimate of drug-likeness (QED) is 0.803. The Hall–Kier alpha value is -0.130. The highest BCUT2D eigenvalue weighted by atomic mass is 32.2. The van der Waals surface area contributed by atoms with Crippen LogP contribution in [-0.4, -0.2) is 26.9 Å². The van der Waals surface area contributed by atoms with Gasteiger partial charge in [0.25, 0.3) is 0 Å². The van der Waals surface area contributed by atoms with E-state index in [9.17, 15) is 8.42 Å². The molecule has 1 atom stereocenters. The van der Waals surface area contributed by atoms with Crippen LogP contribution in [0.25, 0.3) is 0 Å². The number of rotatable bonds is 5. The number of ether oxygens (including phenoxy) is 1. The second kappa shape index (κ2) is 5.02. The molecule has 1 saturated carbocycles. The van der Waals surface area contributed by atoms with Gasteiger partial charge in [0.2, 0.25) is 10.0 Å². The van der Waals surface area contributed by atoms with E-state index in [-0.39, 0.29) is 17.1 Å². The van der Waals surface area contributed by atoms with Crippen molar-refractivity contribution in [2.45, 2.75) is 46.1 Å². The van der Waals surface area contributed by atoms with Crippen LogP contribution in [0, 0.1) is 11.3 Å². The van der Waals surface area contributed by atoms with Gasteiger partial charge in [0.05, 0.1) is 18.5 Å². The van der Waals surface area contributed by atoms with E-state index in [0.29, 0.717) is 12.7 Å². The maximum Gasteiger partial charge on any atom is 0.209 e. The summed E-state index contributed by atoms with van der Waals surface area (Å²) >= 11 is 0. The number of nitrogens with two attached hydrogens (primary N) is 1. The molecule has 0 amide bonds. The zero-order chi connectivity index (χ0) is 12.4. The molecule has 96 valence electrons. The molecule has 0 aliphatic heterocycles. The van der Waals surface area contributed by atoms with Gasteiger partial charge in [0.1, 0.15) is 0 Å². The Morgan fingerprint density at radius 3 is 2.25 bits per heavy atom. The molecule has 0 radical (unpaired) electrons. The van der Waals surface area contributed by atoms with Gasteiger partial charge in [-0.15, -0.1) is 0 Å². The van der Waals surface area contributed by atoms with Crippen LogP contribution in [0.3, 0.4) is 0 Å². The lowest BCUT2D eigenvalue weighted by atomic mass is 9.82. The molecule has 0 heterocycles. The highest BCUT2D eigenvalue weighted by molar-refractivity contribution is 7.89. The predicted molar refractivity (Wildman–Crippen MR) is 64.5 cm³/mol. The van der Waals surface area contributed by atoms with Crippen LogP contribution in [-0.2, 0) is 14.8 Å². The van der Waals surface area contributed by atoms with Crippen molar-refractivity contribution in [3.63, 3.8) is 0 Å². The lowest BCUT2D eigenvalue weighted by Crippen LogP contribution is -2.36. The highest BCUT2D eigenvalue weighted by Crippen LogP contribution is 2.29. The Kier molecular flexibility index (Phi) is 4.37. The maximum absolute atomic E-state index is 11.1. The first-order valence-electron chi connectivity index (χ1n) is 5.80. The fourth-order valence-electron chi connectivity index (χ4n) is 1.62. The Morgan fingerprint density at radius 2 is 1.94 bits per heavy atom. The minimum atomic E-state index is -3.42. The predicted octanol–water partition coefficient (Wildman–Crippen LogP) is 1.51. The minimum absolute atomic E-state index is 0.00319. The summed E-state index contributed by atoms with van der Waals surface area (Å²) in [6, 6.07) is 0. The zero-order valence-electron chi connectivity index (χ0n) is 10.4. The van der Waals surface area contributed by atoms with Crippen molar-refractivity contribution in [2.75, 3.05) is 12.4 Å².